The van der Waals surface area contributed by atoms with Crippen LogP contribution in [0.5, 0.6) is 0 Å². The molecule has 0 spiro atoms. The lowest BCUT2D eigenvalue weighted by Crippen LogP contribution is -2.54. The van der Waals surface area contributed by atoms with Gasteiger partial charge in [-0.25, -0.2) is 4.39 Å². The minimum Gasteiger partial charge on any atom is -0.394 e. The topological polar surface area (TPSA) is 35.5 Å². The Balaban J connectivity index is 1.67. The lowest BCUT2D eigenvalue weighted by atomic mass is 9.83. The van der Waals surface area contributed by atoms with Gasteiger partial charge >= 0.3 is 0 Å². The molecule has 3 nitrogen and oxygen atoms in total. The number of nitrogens with zero attached hydrogens (tertiary/aromatic N) is 1. The van der Waals surface area contributed by atoms with Crippen molar-refractivity contribution in [1.29, 1.82) is 0 Å². The smallest absolute Gasteiger partial charge is 0.125 e. The van der Waals surface area contributed by atoms with E-state index in [2.05, 4.69) is 41.4 Å². The van der Waals surface area contributed by atoms with Gasteiger partial charge < -0.3 is 10.4 Å². The van der Waals surface area contributed by atoms with Crippen LogP contribution in [-0.4, -0.2) is 34.7 Å². The van der Waals surface area contributed by atoms with Gasteiger partial charge in [-0.05, 0) is 43.5 Å². The first kappa shape index (κ1) is 16.9. The Hall–Kier alpha value is -1.91. The van der Waals surface area contributed by atoms with E-state index in [-0.39, 0.29) is 18.0 Å². The molecule has 0 saturated carbocycles. The predicted molar refractivity (Wildman–Crippen MR) is 95.4 cm³/mol. The average Bonchev–Trinajstić information content (AvgIpc) is 2.58. The van der Waals surface area contributed by atoms with Crippen molar-refractivity contribution in [2.24, 2.45) is 0 Å². The fourth-order valence-corrected chi connectivity index (χ4v) is 3.60. The molecule has 2 aromatic rings. The maximum absolute atomic E-state index is 13.4. The molecule has 4 heteroatoms. The maximum Gasteiger partial charge on any atom is 0.125 e. The second-order valence-electron chi connectivity index (χ2n) is 6.83. The summed E-state index contributed by atoms with van der Waals surface area (Å²) < 4.78 is 13.4. The van der Waals surface area contributed by atoms with Gasteiger partial charge in [-0.1, -0.05) is 36.4 Å². The summed E-state index contributed by atoms with van der Waals surface area (Å²) in [5, 5.41) is 13.4. The van der Waals surface area contributed by atoms with Gasteiger partial charge in [0.15, 0.2) is 0 Å². The Bertz CT molecular complexity index is 664. The molecule has 128 valence electrons. The van der Waals surface area contributed by atoms with Crippen molar-refractivity contribution in [3.05, 3.63) is 66.0 Å². The van der Waals surface area contributed by atoms with Crippen molar-refractivity contribution in [3.63, 3.8) is 0 Å². The Kier molecular flexibility index (Phi) is 5.17. The zero-order valence-electron chi connectivity index (χ0n) is 14.1. The van der Waals surface area contributed by atoms with Gasteiger partial charge in [0.05, 0.1) is 12.1 Å². The van der Waals surface area contributed by atoms with E-state index in [1.807, 2.05) is 12.1 Å². The van der Waals surface area contributed by atoms with E-state index in [1.54, 1.807) is 6.07 Å². The molecule has 2 aromatic carbocycles. The van der Waals surface area contributed by atoms with Crippen LogP contribution >= 0.6 is 0 Å². The first-order chi connectivity index (χ1) is 11.6. The van der Waals surface area contributed by atoms with Crippen LogP contribution in [0.25, 0.3) is 0 Å². The second-order valence-corrected chi connectivity index (χ2v) is 6.83. The first-order valence-corrected chi connectivity index (χ1v) is 8.53. The minimum absolute atomic E-state index is 0.0486. The van der Waals surface area contributed by atoms with E-state index >= 15 is 0 Å². The number of anilines is 1. The van der Waals surface area contributed by atoms with Crippen molar-refractivity contribution in [3.8, 4) is 0 Å². The van der Waals surface area contributed by atoms with Crippen LogP contribution in [0.1, 0.15) is 25.3 Å². The molecule has 0 aromatic heterocycles. The van der Waals surface area contributed by atoms with Crippen LogP contribution in [0.2, 0.25) is 0 Å². The molecule has 0 amide bonds. The largest absolute Gasteiger partial charge is 0.394 e. The van der Waals surface area contributed by atoms with E-state index in [4.69, 9.17) is 0 Å². The van der Waals surface area contributed by atoms with Gasteiger partial charge in [-0.15, -0.1) is 0 Å². The SMILES string of the molecule is C[C@H]1C[C@](CO)(Nc2cccc(F)c2)CCN1Cc1ccccc1. The van der Waals surface area contributed by atoms with Crippen molar-refractivity contribution < 1.29 is 9.50 Å². The number of nitrogens with one attached hydrogen (secondary N) is 1. The number of aliphatic hydroxyl groups is 1. The number of halogens is 1. The number of aliphatic hydroxyl groups excluding tert-OH is 1. The molecule has 1 heterocycles. The van der Waals surface area contributed by atoms with E-state index in [1.165, 1.54) is 17.7 Å². The van der Waals surface area contributed by atoms with Crippen LogP contribution in [0.4, 0.5) is 10.1 Å². The third-order valence-electron chi connectivity index (χ3n) is 4.95. The number of likely N-dealkylation sites (tertiary alicyclic amines) is 1. The molecule has 1 fully saturated rings. The number of rotatable bonds is 5. The molecule has 1 aliphatic heterocycles. The highest BCUT2D eigenvalue weighted by Crippen LogP contribution is 2.31. The molecule has 2 N–H and O–H groups in total. The summed E-state index contributed by atoms with van der Waals surface area (Å²) in [5.41, 5.74) is 1.65. The van der Waals surface area contributed by atoms with Gasteiger partial charge in [0, 0.05) is 24.8 Å². The predicted octanol–water partition coefficient (Wildman–Crippen LogP) is 3.65. The van der Waals surface area contributed by atoms with Gasteiger partial charge in [0.1, 0.15) is 5.82 Å². The van der Waals surface area contributed by atoms with E-state index in [9.17, 15) is 9.50 Å². The summed E-state index contributed by atoms with van der Waals surface area (Å²) in [6.45, 7) is 4.06. The van der Waals surface area contributed by atoms with E-state index < -0.39 is 0 Å². The Morgan fingerprint density at radius 2 is 2.00 bits per heavy atom. The van der Waals surface area contributed by atoms with E-state index in [0.717, 1.165) is 31.6 Å². The highest BCUT2D eigenvalue weighted by Gasteiger charge is 2.37. The van der Waals surface area contributed by atoms with Crippen molar-refractivity contribution in [2.75, 3.05) is 18.5 Å². The van der Waals surface area contributed by atoms with Crippen molar-refractivity contribution in [1.82, 2.24) is 4.90 Å². The normalized spacial score (nSPS) is 24.7. The number of hydrogen-bond donors (Lipinski definition) is 2. The van der Waals surface area contributed by atoms with Crippen LogP contribution in [-0.2, 0) is 6.54 Å². The standard InChI is InChI=1S/C20H25FN2O/c1-16-13-20(15-24,22-19-9-5-8-18(21)12-19)10-11-23(16)14-17-6-3-2-4-7-17/h2-9,12,16,22,24H,10-11,13-15H2,1H3/t16-,20+/m0/s1. The van der Waals surface area contributed by atoms with Crippen LogP contribution < -0.4 is 5.32 Å². The van der Waals surface area contributed by atoms with Gasteiger partial charge in [0.2, 0.25) is 0 Å². The summed E-state index contributed by atoms with van der Waals surface area (Å²) in [6.07, 6.45) is 1.66. The Morgan fingerprint density at radius 3 is 2.67 bits per heavy atom. The first-order valence-electron chi connectivity index (χ1n) is 8.53. The summed E-state index contributed by atoms with van der Waals surface area (Å²) in [5.74, 6) is -0.261. The average molecular weight is 328 g/mol. The molecule has 24 heavy (non-hydrogen) atoms. The highest BCUT2D eigenvalue weighted by molar-refractivity contribution is 5.46. The zero-order chi connectivity index (χ0) is 17.0. The fraction of sp³-hybridized carbons (Fsp3) is 0.400. The van der Waals surface area contributed by atoms with Crippen LogP contribution in [0, 0.1) is 5.82 Å². The molecule has 1 saturated heterocycles. The molecular formula is C20H25FN2O. The van der Waals surface area contributed by atoms with Crippen LogP contribution in [0.15, 0.2) is 54.6 Å². The van der Waals surface area contributed by atoms with Crippen molar-refractivity contribution >= 4 is 5.69 Å². The number of benzene rings is 2. The van der Waals surface area contributed by atoms with Gasteiger partial charge in [-0.2, -0.15) is 0 Å². The molecule has 0 radical (unpaired) electrons. The zero-order valence-corrected chi connectivity index (χ0v) is 14.1. The molecule has 1 aliphatic rings. The summed E-state index contributed by atoms with van der Waals surface area (Å²) in [6, 6.07) is 17.2. The van der Waals surface area contributed by atoms with Gasteiger partial charge in [0.25, 0.3) is 0 Å². The minimum atomic E-state index is -0.388. The molecule has 0 aliphatic carbocycles. The molecule has 3 rings (SSSR count). The number of piperidine rings is 1. The summed E-state index contributed by atoms with van der Waals surface area (Å²) >= 11 is 0. The number of hydrogen-bond acceptors (Lipinski definition) is 3. The third-order valence-corrected chi connectivity index (χ3v) is 4.95. The second kappa shape index (κ2) is 7.32. The van der Waals surface area contributed by atoms with Crippen molar-refractivity contribution in [2.45, 2.75) is 37.9 Å². The third kappa shape index (κ3) is 3.94. The monoisotopic (exact) mass is 328 g/mol. The molecule has 2 atom stereocenters. The highest BCUT2D eigenvalue weighted by atomic mass is 19.1. The summed E-state index contributed by atoms with van der Waals surface area (Å²) in [7, 11) is 0. The fourth-order valence-electron chi connectivity index (χ4n) is 3.60. The Morgan fingerprint density at radius 1 is 1.21 bits per heavy atom. The molecule has 0 unspecified atom stereocenters. The van der Waals surface area contributed by atoms with Gasteiger partial charge in [-0.3, -0.25) is 4.90 Å². The maximum atomic E-state index is 13.4. The van der Waals surface area contributed by atoms with Crippen LogP contribution in [0.3, 0.4) is 0 Å². The Labute approximate surface area is 143 Å². The van der Waals surface area contributed by atoms with E-state index in [0.29, 0.717) is 6.04 Å². The summed E-state index contributed by atoms with van der Waals surface area (Å²) in [4.78, 5) is 2.44. The lowest BCUT2D eigenvalue weighted by molar-refractivity contribution is 0.0741. The molecular weight excluding hydrogens is 303 g/mol. The quantitative estimate of drug-likeness (QED) is 0.879. The molecule has 0 bridgehead atoms. The lowest BCUT2D eigenvalue weighted by Gasteiger charge is -2.45.